The molecular weight excluding hydrogens is 383 g/mol. The SMILES string of the molecule is O=C(NC1CCCc2ccccc21)c1cc2sccc2n1Cc1cccc(F)c1. The lowest BCUT2D eigenvalue weighted by atomic mass is 9.87. The molecule has 0 saturated carbocycles. The summed E-state index contributed by atoms with van der Waals surface area (Å²) < 4.78 is 16.7. The molecule has 0 fully saturated rings. The molecule has 2 aromatic carbocycles. The van der Waals surface area contributed by atoms with Gasteiger partial charge in [0, 0.05) is 6.54 Å². The minimum atomic E-state index is -0.263. The van der Waals surface area contributed by atoms with E-state index in [1.54, 1.807) is 17.4 Å². The Morgan fingerprint density at radius 3 is 2.93 bits per heavy atom. The maximum Gasteiger partial charge on any atom is 0.268 e. The minimum absolute atomic E-state index is 0.0306. The summed E-state index contributed by atoms with van der Waals surface area (Å²) in [6.45, 7) is 0.460. The van der Waals surface area contributed by atoms with Gasteiger partial charge in [-0.3, -0.25) is 4.79 Å². The van der Waals surface area contributed by atoms with Crippen LogP contribution in [-0.2, 0) is 13.0 Å². The quantitative estimate of drug-likeness (QED) is 0.465. The molecule has 1 unspecified atom stereocenters. The van der Waals surface area contributed by atoms with Gasteiger partial charge in [-0.1, -0.05) is 36.4 Å². The second kappa shape index (κ2) is 7.48. The number of halogens is 1. The van der Waals surface area contributed by atoms with Crippen LogP contribution in [0, 0.1) is 5.82 Å². The Hall–Kier alpha value is -2.92. The molecule has 1 aliphatic carbocycles. The van der Waals surface area contributed by atoms with Gasteiger partial charge < -0.3 is 9.88 Å². The van der Waals surface area contributed by atoms with E-state index in [2.05, 4.69) is 23.5 Å². The highest BCUT2D eigenvalue weighted by Gasteiger charge is 2.24. The average Bonchev–Trinajstić information content (AvgIpc) is 3.31. The smallest absolute Gasteiger partial charge is 0.268 e. The Labute approximate surface area is 172 Å². The van der Waals surface area contributed by atoms with Crippen molar-refractivity contribution in [1.82, 2.24) is 9.88 Å². The highest BCUT2D eigenvalue weighted by molar-refractivity contribution is 7.17. The van der Waals surface area contributed by atoms with Gasteiger partial charge in [0.15, 0.2) is 0 Å². The van der Waals surface area contributed by atoms with E-state index in [0.29, 0.717) is 12.2 Å². The third-order valence-corrected chi connectivity index (χ3v) is 6.51. The first-order valence-corrected chi connectivity index (χ1v) is 10.8. The van der Waals surface area contributed by atoms with Gasteiger partial charge in [-0.15, -0.1) is 11.3 Å². The number of carbonyl (C=O) groups excluding carboxylic acids is 1. The fourth-order valence-electron chi connectivity index (χ4n) is 4.29. The molecule has 0 bridgehead atoms. The number of carbonyl (C=O) groups is 1. The number of benzene rings is 2. The van der Waals surface area contributed by atoms with Crippen LogP contribution in [0.3, 0.4) is 0 Å². The number of nitrogens with one attached hydrogen (secondary N) is 1. The van der Waals surface area contributed by atoms with Crippen LogP contribution in [0.1, 0.15) is 46.1 Å². The fraction of sp³-hybridized carbons (Fsp3) is 0.208. The highest BCUT2D eigenvalue weighted by atomic mass is 32.1. The first-order chi connectivity index (χ1) is 14.2. The second-order valence-corrected chi connectivity index (χ2v) is 8.48. The van der Waals surface area contributed by atoms with E-state index in [4.69, 9.17) is 0 Å². The van der Waals surface area contributed by atoms with Crippen molar-refractivity contribution in [2.75, 3.05) is 0 Å². The molecule has 0 radical (unpaired) electrons. The number of thiophene rings is 1. The van der Waals surface area contributed by atoms with Crippen LogP contribution in [-0.4, -0.2) is 10.5 Å². The van der Waals surface area contributed by atoms with Crippen molar-refractivity contribution in [1.29, 1.82) is 0 Å². The Morgan fingerprint density at radius 2 is 2.03 bits per heavy atom. The fourth-order valence-corrected chi connectivity index (χ4v) is 5.11. The molecule has 146 valence electrons. The molecule has 0 saturated heterocycles. The summed E-state index contributed by atoms with van der Waals surface area (Å²) in [6, 6.07) is 18.9. The number of rotatable bonds is 4. The number of aryl methyl sites for hydroxylation is 1. The summed E-state index contributed by atoms with van der Waals surface area (Å²) in [7, 11) is 0. The third kappa shape index (κ3) is 3.47. The Balaban J connectivity index is 1.47. The average molecular weight is 405 g/mol. The van der Waals surface area contributed by atoms with E-state index in [0.717, 1.165) is 35.0 Å². The van der Waals surface area contributed by atoms with Crippen molar-refractivity contribution < 1.29 is 9.18 Å². The molecule has 0 aliphatic heterocycles. The molecule has 1 aliphatic rings. The van der Waals surface area contributed by atoms with Crippen LogP contribution in [0.25, 0.3) is 10.2 Å². The molecule has 5 rings (SSSR count). The minimum Gasteiger partial charge on any atom is -0.344 e. The summed E-state index contributed by atoms with van der Waals surface area (Å²) >= 11 is 1.61. The van der Waals surface area contributed by atoms with E-state index in [1.807, 2.05) is 34.2 Å². The standard InChI is InChI=1S/C24H21FN2OS/c25-18-8-3-5-16(13-18)15-27-21-11-12-29-23(21)14-22(27)24(28)26-20-10-4-7-17-6-1-2-9-19(17)20/h1-3,5-6,8-9,11-14,20H,4,7,10,15H2,(H,26,28). The van der Waals surface area contributed by atoms with Gasteiger partial charge in [-0.05, 0) is 65.6 Å². The molecule has 1 amide bonds. The van der Waals surface area contributed by atoms with Gasteiger partial charge in [-0.2, -0.15) is 0 Å². The predicted octanol–water partition coefficient (Wildman–Crippen LogP) is 5.70. The zero-order valence-corrected chi connectivity index (χ0v) is 16.7. The van der Waals surface area contributed by atoms with Crippen LogP contribution < -0.4 is 5.32 Å². The van der Waals surface area contributed by atoms with E-state index in [1.165, 1.54) is 23.3 Å². The van der Waals surface area contributed by atoms with E-state index >= 15 is 0 Å². The summed E-state index contributed by atoms with van der Waals surface area (Å²) in [5, 5.41) is 5.27. The normalized spacial score (nSPS) is 16.0. The Kier molecular flexibility index (Phi) is 4.68. The van der Waals surface area contributed by atoms with Gasteiger partial charge in [0.2, 0.25) is 0 Å². The Morgan fingerprint density at radius 1 is 1.14 bits per heavy atom. The van der Waals surface area contributed by atoms with Gasteiger partial charge in [0.25, 0.3) is 5.91 Å². The van der Waals surface area contributed by atoms with Gasteiger partial charge in [0.1, 0.15) is 11.5 Å². The van der Waals surface area contributed by atoms with Crippen molar-refractivity contribution in [3.63, 3.8) is 0 Å². The number of hydrogen-bond donors (Lipinski definition) is 1. The number of aromatic nitrogens is 1. The second-order valence-electron chi connectivity index (χ2n) is 7.53. The molecule has 29 heavy (non-hydrogen) atoms. The van der Waals surface area contributed by atoms with Crippen molar-refractivity contribution in [3.8, 4) is 0 Å². The largest absolute Gasteiger partial charge is 0.344 e. The maximum absolute atomic E-state index is 13.7. The molecule has 1 N–H and O–H groups in total. The van der Waals surface area contributed by atoms with Gasteiger partial charge >= 0.3 is 0 Å². The maximum atomic E-state index is 13.7. The van der Waals surface area contributed by atoms with Crippen LogP contribution in [0.5, 0.6) is 0 Å². The van der Waals surface area contributed by atoms with Crippen molar-refractivity contribution in [3.05, 3.63) is 94.2 Å². The molecular formula is C24H21FN2OS. The van der Waals surface area contributed by atoms with E-state index < -0.39 is 0 Å². The zero-order chi connectivity index (χ0) is 19.8. The van der Waals surface area contributed by atoms with Crippen LogP contribution in [0.4, 0.5) is 4.39 Å². The predicted molar refractivity (Wildman–Crippen MR) is 115 cm³/mol. The lowest BCUT2D eigenvalue weighted by Gasteiger charge is -2.26. The van der Waals surface area contributed by atoms with Crippen molar-refractivity contribution >= 4 is 27.5 Å². The van der Waals surface area contributed by atoms with E-state index in [-0.39, 0.29) is 17.8 Å². The molecule has 2 heterocycles. The monoisotopic (exact) mass is 404 g/mol. The summed E-state index contributed by atoms with van der Waals surface area (Å²) in [5.41, 5.74) is 5.01. The lowest BCUT2D eigenvalue weighted by Crippen LogP contribution is -2.32. The van der Waals surface area contributed by atoms with E-state index in [9.17, 15) is 9.18 Å². The van der Waals surface area contributed by atoms with Crippen LogP contribution in [0.2, 0.25) is 0 Å². The first-order valence-electron chi connectivity index (χ1n) is 9.89. The number of nitrogens with zero attached hydrogens (tertiary/aromatic N) is 1. The van der Waals surface area contributed by atoms with Crippen molar-refractivity contribution in [2.24, 2.45) is 0 Å². The third-order valence-electron chi connectivity index (χ3n) is 5.66. The molecule has 0 spiro atoms. The summed E-state index contributed by atoms with van der Waals surface area (Å²) in [4.78, 5) is 13.3. The lowest BCUT2D eigenvalue weighted by molar-refractivity contribution is 0.0924. The molecule has 2 aromatic heterocycles. The molecule has 3 nitrogen and oxygen atoms in total. The topological polar surface area (TPSA) is 34.0 Å². The summed E-state index contributed by atoms with van der Waals surface area (Å²) in [6.07, 6.45) is 3.08. The number of amides is 1. The Bertz CT molecular complexity index is 1190. The number of fused-ring (bicyclic) bond motifs is 2. The highest BCUT2D eigenvalue weighted by Crippen LogP contribution is 2.31. The van der Waals surface area contributed by atoms with Gasteiger partial charge in [-0.25, -0.2) is 4.39 Å². The van der Waals surface area contributed by atoms with Crippen LogP contribution >= 0.6 is 11.3 Å². The zero-order valence-electron chi connectivity index (χ0n) is 15.9. The van der Waals surface area contributed by atoms with Gasteiger partial charge in [0.05, 0.1) is 16.3 Å². The van der Waals surface area contributed by atoms with Crippen molar-refractivity contribution in [2.45, 2.75) is 31.8 Å². The molecule has 1 atom stereocenters. The first kappa shape index (κ1) is 18.1. The number of hydrogen-bond acceptors (Lipinski definition) is 2. The van der Waals surface area contributed by atoms with Crippen LogP contribution in [0.15, 0.2) is 66.0 Å². The molecule has 4 aromatic rings. The molecule has 5 heteroatoms. The summed E-state index contributed by atoms with van der Waals surface area (Å²) in [5.74, 6) is -0.340.